The van der Waals surface area contributed by atoms with Crippen molar-refractivity contribution in [3.8, 4) is 0 Å². The van der Waals surface area contributed by atoms with Crippen LogP contribution in [0, 0.1) is 11.3 Å². The fraction of sp³-hybridized carbons (Fsp3) is 0.769. The van der Waals surface area contributed by atoms with Gasteiger partial charge in [0.25, 0.3) is 0 Å². The highest BCUT2D eigenvalue weighted by atomic mass is 16.2. The van der Waals surface area contributed by atoms with Crippen molar-refractivity contribution in [1.82, 2.24) is 30.5 Å². The maximum absolute atomic E-state index is 12.5. The molecular weight excluding hydrogens is 256 g/mol. The minimum atomic E-state index is -0.220. The summed E-state index contributed by atoms with van der Waals surface area (Å²) in [6.45, 7) is 5.11. The van der Waals surface area contributed by atoms with Crippen molar-refractivity contribution in [2.75, 3.05) is 39.8 Å². The van der Waals surface area contributed by atoms with Gasteiger partial charge in [-0.3, -0.25) is 9.48 Å². The van der Waals surface area contributed by atoms with Gasteiger partial charge in [-0.2, -0.15) is 0 Å². The Bertz CT molecular complexity index is 461. The fourth-order valence-corrected chi connectivity index (χ4v) is 3.46. The van der Waals surface area contributed by atoms with E-state index in [1.165, 1.54) is 0 Å². The van der Waals surface area contributed by atoms with E-state index in [-0.39, 0.29) is 11.3 Å². The maximum Gasteiger partial charge on any atom is 0.229 e. The van der Waals surface area contributed by atoms with Gasteiger partial charge in [0.05, 0.1) is 11.6 Å². The molecule has 0 saturated carbocycles. The Balaban J connectivity index is 1.49. The lowest BCUT2D eigenvalue weighted by Gasteiger charge is -2.26. The molecule has 1 amide bonds. The predicted molar refractivity (Wildman–Crippen MR) is 73.9 cm³/mol. The Morgan fingerprint density at radius 2 is 2.50 bits per heavy atom. The van der Waals surface area contributed by atoms with Crippen molar-refractivity contribution in [2.45, 2.75) is 13.0 Å². The molecule has 2 aliphatic heterocycles. The Hall–Kier alpha value is -1.47. The molecule has 0 radical (unpaired) electrons. The summed E-state index contributed by atoms with van der Waals surface area (Å²) >= 11 is 0. The zero-order valence-electron chi connectivity index (χ0n) is 11.9. The summed E-state index contributed by atoms with van der Waals surface area (Å²) in [6, 6.07) is 0. The average Bonchev–Trinajstić information content (AvgIpc) is 3.09. The molecule has 0 bridgehead atoms. The lowest BCUT2D eigenvalue weighted by atomic mass is 9.80. The van der Waals surface area contributed by atoms with E-state index in [1.807, 2.05) is 6.20 Å². The Kier molecular flexibility index (Phi) is 3.71. The van der Waals surface area contributed by atoms with Gasteiger partial charge in [0.2, 0.25) is 5.91 Å². The summed E-state index contributed by atoms with van der Waals surface area (Å²) in [4.78, 5) is 14.8. The van der Waals surface area contributed by atoms with Gasteiger partial charge in [-0.15, -0.1) is 5.10 Å². The molecule has 2 fully saturated rings. The number of aromatic nitrogens is 3. The van der Waals surface area contributed by atoms with E-state index in [2.05, 4.69) is 32.9 Å². The summed E-state index contributed by atoms with van der Waals surface area (Å²) in [7, 11) is 2.10. The molecule has 0 spiro atoms. The van der Waals surface area contributed by atoms with Crippen molar-refractivity contribution in [1.29, 1.82) is 0 Å². The summed E-state index contributed by atoms with van der Waals surface area (Å²) in [5, 5.41) is 14.1. The van der Waals surface area contributed by atoms with E-state index >= 15 is 0 Å². The monoisotopic (exact) mass is 278 g/mol. The molecule has 2 atom stereocenters. The van der Waals surface area contributed by atoms with E-state index in [0.717, 1.165) is 39.1 Å². The molecule has 0 aliphatic carbocycles. The summed E-state index contributed by atoms with van der Waals surface area (Å²) in [5.41, 5.74) is -0.220. The van der Waals surface area contributed by atoms with Crippen LogP contribution in [0.1, 0.15) is 6.42 Å². The van der Waals surface area contributed by atoms with Crippen molar-refractivity contribution in [3.05, 3.63) is 12.4 Å². The largest absolute Gasteiger partial charge is 0.355 e. The van der Waals surface area contributed by atoms with Crippen LogP contribution < -0.4 is 10.6 Å². The highest BCUT2D eigenvalue weighted by Gasteiger charge is 2.53. The van der Waals surface area contributed by atoms with E-state index in [9.17, 15) is 4.79 Å². The normalized spacial score (nSPS) is 29.6. The predicted octanol–water partition coefficient (Wildman–Crippen LogP) is -1.06. The molecule has 0 unspecified atom stereocenters. The molecule has 2 saturated heterocycles. The molecule has 3 rings (SSSR count). The smallest absolute Gasteiger partial charge is 0.229 e. The first-order valence-corrected chi connectivity index (χ1v) is 7.22. The molecule has 3 heterocycles. The average molecular weight is 278 g/mol. The van der Waals surface area contributed by atoms with Crippen molar-refractivity contribution >= 4 is 5.91 Å². The standard InChI is InChI=1S/C13H22N6O/c1-18-8-11-7-14-9-13(11,10-18)12(20)15-3-2-5-19-6-4-16-17-19/h4,6,11,14H,2-3,5,7-10H2,1H3,(H,15,20)/t11-,13-/m0/s1. The van der Waals surface area contributed by atoms with Gasteiger partial charge in [-0.1, -0.05) is 5.21 Å². The van der Waals surface area contributed by atoms with Gasteiger partial charge in [0, 0.05) is 51.4 Å². The molecule has 1 aromatic heterocycles. The molecule has 2 N–H and O–H groups in total. The van der Waals surface area contributed by atoms with Crippen LogP contribution in [0.5, 0.6) is 0 Å². The van der Waals surface area contributed by atoms with Crippen molar-refractivity contribution in [2.24, 2.45) is 11.3 Å². The second-order valence-electron chi connectivity index (χ2n) is 5.96. The number of nitrogens with zero attached hydrogens (tertiary/aromatic N) is 4. The number of nitrogens with one attached hydrogen (secondary N) is 2. The Morgan fingerprint density at radius 3 is 3.30 bits per heavy atom. The van der Waals surface area contributed by atoms with Crippen LogP contribution >= 0.6 is 0 Å². The number of aryl methyl sites for hydroxylation is 1. The van der Waals surface area contributed by atoms with Crippen molar-refractivity contribution in [3.63, 3.8) is 0 Å². The number of rotatable bonds is 5. The van der Waals surface area contributed by atoms with Crippen LogP contribution in [0.15, 0.2) is 12.4 Å². The lowest BCUT2D eigenvalue weighted by Crippen LogP contribution is -2.47. The van der Waals surface area contributed by atoms with Gasteiger partial charge in [0.15, 0.2) is 0 Å². The van der Waals surface area contributed by atoms with Crippen LogP contribution in [-0.4, -0.2) is 65.6 Å². The van der Waals surface area contributed by atoms with Crippen LogP contribution in [0.3, 0.4) is 0 Å². The van der Waals surface area contributed by atoms with Gasteiger partial charge >= 0.3 is 0 Å². The van der Waals surface area contributed by atoms with Crippen LogP contribution in [0.2, 0.25) is 0 Å². The number of likely N-dealkylation sites (tertiary alicyclic amines) is 1. The summed E-state index contributed by atoms with van der Waals surface area (Å²) in [5.74, 6) is 0.651. The van der Waals surface area contributed by atoms with E-state index in [4.69, 9.17) is 0 Å². The molecule has 20 heavy (non-hydrogen) atoms. The van der Waals surface area contributed by atoms with Crippen molar-refractivity contribution < 1.29 is 4.79 Å². The molecule has 0 aromatic carbocycles. The number of fused-ring (bicyclic) bond motifs is 1. The highest BCUT2D eigenvalue weighted by Crippen LogP contribution is 2.38. The first-order valence-electron chi connectivity index (χ1n) is 7.22. The molecular formula is C13H22N6O. The minimum absolute atomic E-state index is 0.204. The van der Waals surface area contributed by atoms with Crippen LogP contribution in [0.4, 0.5) is 0 Å². The molecule has 7 heteroatoms. The van der Waals surface area contributed by atoms with E-state index < -0.39 is 0 Å². The molecule has 2 aliphatic rings. The third kappa shape index (κ3) is 2.43. The minimum Gasteiger partial charge on any atom is -0.355 e. The fourth-order valence-electron chi connectivity index (χ4n) is 3.46. The maximum atomic E-state index is 12.5. The molecule has 7 nitrogen and oxygen atoms in total. The second kappa shape index (κ2) is 5.49. The quantitative estimate of drug-likeness (QED) is 0.671. The van der Waals surface area contributed by atoms with Crippen LogP contribution in [0.25, 0.3) is 0 Å². The number of carbonyl (C=O) groups excluding carboxylic acids is 1. The zero-order valence-corrected chi connectivity index (χ0v) is 11.9. The molecule has 1 aromatic rings. The summed E-state index contributed by atoms with van der Waals surface area (Å²) in [6.07, 6.45) is 4.38. The Labute approximate surface area is 118 Å². The van der Waals surface area contributed by atoms with E-state index in [1.54, 1.807) is 10.9 Å². The number of hydrogen-bond donors (Lipinski definition) is 2. The lowest BCUT2D eigenvalue weighted by molar-refractivity contribution is -0.130. The summed E-state index contributed by atoms with van der Waals surface area (Å²) < 4.78 is 1.79. The third-order valence-electron chi connectivity index (χ3n) is 4.47. The second-order valence-corrected chi connectivity index (χ2v) is 5.96. The number of hydrogen-bond acceptors (Lipinski definition) is 5. The topological polar surface area (TPSA) is 75.1 Å². The van der Waals surface area contributed by atoms with Gasteiger partial charge in [-0.25, -0.2) is 0 Å². The van der Waals surface area contributed by atoms with Gasteiger partial charge in [-0.05, 0) is 13.5 Å². The van der Waals surface area contributed by atoms with Gasteiger partial charge in [0.1, 0.15) is 0 Å². The number of amides is 1. The first kappa shape index (κ1) is 13.5. The van der Waals surface area contributed by atoms with Gasteiger partial charge < -0.3 is 15.5 Å². The SMILES string of the molecule is CN1C[C@@H]2CNC[C@]2(C(=O)NCCCn2ccnn2)C1. The highest BCUT2D eigenvalue weighted by molar-refractivity contribution is 5.84. The zero-order chi connectivity index (χ0) is 14.0. The number of carbonyl (C=O) groups is 1. The van der Waals surface area contributed by atoms with E-state index in [0.29, 0.717) is 12.5 Å². The third-order valence-corrected chi connectivity index (χ3v) is 4.47. The molecule has 110 valence electrons. The Morgan fingerprint density at radius 1 is 1.60 bits per heavy atom. The van der Waals surface area contributed by atoms with Crippen LogP contribution in [-0.2, 0) is 11.3 Å². The first-order chi connectivity index (χ1) is 9.71.